The predicted octanol–water partition coefficient (Wildman–Crippen LogP) is 1.53. The summed E-state index contributed by atoms with van der Waals surface area (Å²) in [6.45, 7) is 6.18. The predicted molar refractivity (Wildman–Crippen MR) is 106 cm³/mol. The zero-order valence-electron chi connectivity index (χ0n) is 17.0. The number of thioether (sulfide) groups is 1. The molecular weight excluding hydrogens is 430 g/mol. The minimum absolute atomic E-state index is 0.0399. The van der Waals surface area contributed by atoms with Gasteiger partial charge >= 0.3 is 6.09 Å². The van der Waals surface area contributed by atoms with E-state index in [0.29, 0.717) is 30.1 Å². The number of thiophene rings is 1. The molecule has 1 N–H and O–H groups in total. The van der Waals surface area contributed by atoms with Crippen molar-refractivity contribution in [3.05, 3.63) is 16.0 Å². The molecule has 30 heavy (non-hydrogen) atoms. The number of ether oxygens (including phenoxy) is 1. The molecule has 160 valence electrons. The number of anilines is 1. The molecule has 0 aromatic carbocycles. The van der Waals surface area contributed by atoms with Crippen LogP contribution in [0, 0.1) is 11.3 Å². The number of aryl methyl sites for hydroxylation is 1. The molecule has 0 saturated carbocycles. The van der Waals surface area contributed by atoms with Crippen LogP contribution < -0.4 is 15.1 Å². The van der Waals surface area contributed by atoms with E-state index in [-0.39, 0.29) is 16.7 Å². The smallest absolute Gasteiger partial charge is 0.410 e. The number of nitriles is 1. The van der Waals surface area contributed by atoms with Gasteiger partial charge in [-0.2, -0.15) is 5.26 Å². The molecule has 0 unspecified atom stereocenters. The Hall–Kier alpha value is -2.78. The lowest BCUT2D eigenvalue weighted by atomic mass is 10.0. The molecule has 1 aliphatic rings. The Balaban J connectivity index is 1.68. The van der Waals surface area contributed by atoms with E-state index in [1.165, 1.54) is 16.0 Å². The van der Waals surface area contributed by atoms with Crippen LogP contribution in [0.5, 0.6) is 5.95 Å². The maximum Gasteiger partial charge on any atom is 0.410 e. The first kappa shape index (κ1) is 21.9. The third-order valence-electron chi connectivity index (χ3n) is 4.13. The number of hydrogen-bond acceptors (Lipinski definition) is 9. The molecule has 2 aromatic rings. The monoisotopic (exact) mass is 451 g/mol. The first-order chi connectivity index (χ1) is 14.1. The van der Waals surface area contributed by atoms with Crippen LogP contribution in [0.25, 0.3) is 0 Å². The minimum atomic E-state index is -0.609. The Bertz CT molecular complexity index is 998. The third kappa shape index (κ3) is 4.85. The summed E-state index contributed by atoms with van der Waals surface area (Å²) in [6.07, 6.45) is 0.103. The molecule has 0 fully saturated rings. The molecule has 0 spiro atoms. The number of hydrogen-bond donors (Lipinski definition) is 1. The lowest BCUT2D eigenvalue weighted by molar-refractivity contribution is -0.772. The summed E-state index contributed by atoms with van der Waals surface area (Å²) in [6, 6.07) is 2.15. The van der Waals surface area contributed by atoms with Gasteiger partial charge in [-0.15, -0.1) is 11.3 Å². The van der Waals surface area contributed by atoms with E-state index in [9.17, 15) is 20.0 Å². The van der Waals surface area contributed by atoms with Crippen LogP contribution in [0.4, 0.5) is 9.80 Å². The second kappa shape index (κ2) is 8.53. The second-order valence-electron chi connectivity index (χ2n) is 7.60. The summed E-state index contributed by atoms with van der Waals surface area (Å²) < 4.78 is 11.2. The van der Waals surface area contributed by atoms with E-state index in [0.717, 1.165) is 22.2 Å². The van der Waals surface area contributed by atoms with E-state index < -0.39 is 17.6 Å². The molecule has 2 aromatic heterocycles. The van der Waals surface area contributed by atoms with Gasteiger partial charge in [0.2, 0.25) is 5.91 Å². The van der Waals surface area contributed by atoms with Gasteiger partial charge in [-0.3, -0.25) is 4.79 Å². The summed E-state index contributed by atoms with van der Waals surface area (Å²) in [5, 5.41) is 28.0. The fraction of sp³-hybridized carbons (Fsp3) is 0.500. The van der Waals surface area contributed by atoms with E-state index in [2.05, 4.69) is 21.2 Å². The van der Waals surface area contributed by atoms with Crippen molar-refractivity contribution < 1.29 is 28.6 Å². The Kier molecular flexibility index (Phi) is 6.23. The van der Waals surface area contributed by atoms with Crippen LogP contribution in [0.15, 0.2) is 9.55 Å². The number of rotatable bonds is 4. The number of nitrogens with one attached hydrogen (secondary N) is 1. The van der Waals surface area contributed by atoms with Crippen molar-refractivity contribution in [2.45, 2.75) is 44.4 Å². The molecule has 12 heteroatoms. The summed E-state index contributed by atoms with van der Waals surface area (Å²) in [5.41, 5.74) is 0.668. The lowest BCUT2D eigenvalue weighted by Crippen LogP contribution is -2.39. The summed E-state index contributed by atoms with van der Waals surface area (Å²) in [7, 11) is 1.54. The minimum Gasteiger partial charge on any atom is -0.538 e. The van der Waals surface area contributed by atoms with Gasteiger partial charge in [0.1, 0.15) is 16.7 Å². The van der Waals surface area contributed by atoms with Crippen molar-refractivity contribution in [1.29, 1.82) is 5.26 Å². The van der Waals surface area contributed by atoms with Crippen LogP contribution >= 0.6 is 23.1 Å². The average molecular weight is 452 g/mol. The summed E-state index contributed by atoms with van der Waals surface area (Å²) in [4.78, 5) is 27.1. The summed E-state index contributed by atoms with van der Waals surface area (Å²) >= 11 is 2.27. The highest BCUT2D eigenvalue weighted by Gasteiger charge is 2.30. The molecule has 0 atom stereocenters. The van der Waals surface area contributed by atoms with Gasteiger partial charge in [0.25, 0.3) is 5.03 Å². The number of aromatic nitrogens is 2. The van der Waals surface area contributed by atoms with Crippen LogP contribution in [-0.4, -0.2) is 40.1 Å². The first-order valence-corrected chi connectivity index (χ1v) is 10.9. The van der Waals surface area contributed by atoms with Gasteiger partial charge < -0.3 is 24.6 Å². The molecule has 2 amide bonds. The molecular formula is C18H21N5O5S2. The highest BCUT2D eigenvalue weighted by Crippen LogP contribution is 2.37. The van der Waals surface area contributed by atoms with Gasteiger partial charge in [-0.25, -0.2) is 4.79 Å². The van der Waals surface area contributed by atoms with Crippen LogP contribution in [-0.2, 0) is 29.5 Å². The highest BCUT2D eigenvalue weighted by molar-refractivity contribution is 7.99. The maximum absolute atomic E-state index is 12.4. The normalized spacial score (nSPS) is 13.5. The van der Waals surface area contributed by atoms with Crippen LogP contribution in [0.3, 0.4) is 0 Å². The molecule has 0 saturated heterocycles. The lowest BCUT2D eigenvalue weighted by Gasteiger charge is -2.29. The average Bonchev–Trinajstić information content (AvgIpc) is 3.16. The largest absolute Gasteiger partial charge is 0.538 e. The van der Waals surface area contributed by atoms with Crippen LogP contribution in [0.2, 0.25) is 0 Å². The van der Waals surface area contributed by atoms with E-state index in [4.69, 9.17) is 4.74 Å². The second-order valence-corrected chi connectivity index (χ2v) is 9.67. The molecule has 10 nitrogen and oxygen atoms in total. The van der Waals surface area contributed by atoms with E-state index in [1.807, 2.05) is 0 Å². The number of amides is 2. The first-order valence-electron chi connectivity index (χ1n) is 9.07. The van der Waals surface area contributed by atoms with Gasteiger partial charge in [0.15, 0.2) is 13.0 Å². The van der Waals surface area contributed by atoms with Gasteiger partial charge in [-0.1, -0.05) is 4.68 Å². The third-order valence-corrected chi connectivity index (χ3v) is 6.37. The van der Waals surface area contributed by atoms with E-state index in [1.54, 1.807) is 32.7 Å². The molecule has 3 rings (SSSR count). The summed E-state index contributed by atoms with van der Waals surface area (Å²) in [5.74, 6) is -1.01. The topological polar surface area (TPSA) is 135 Å². The number of nitrogens with zero attached hydrogens (tertiary/aromatic N) is 4. The van der Waals surface area contributed by atoms with Crippen molar-refractivity contribution in [1.82, 2.24) is 10.2 Å². The Morgan fingerprint density at radius 3 is 2.83 bits per heavy atom. The zero-order valence-corrected chi connectivity index (χ0v) is 18.6. The number of carbonyl (C=O) groups is 2. The quantitative estimate of drug-likeness (QED) is 0.546. The number of carbonyl (C=O) groups excluding carboxylic acids is 2. The Morgan fingerprint density at radius 1 is 1.50 bits per heavy atom. The standard InChI is InChI=1S/C18H21N5O5S2/c1-18(2,3)27-17(26)23-6-5-10-11(7-19)14(30-12(10)8-23)20-13(24)9-29-15-16(25)28-21-22(15)4/h5-6,8-9H2,1-4H3,(H-,20,21,24,25). The van der Waals surface area contributed by atoms with Crippen molar-refractivity contribution in [3.8, 4) is 12.0 Å². The molecule has 0 aliphatic carbocycles. The van der Waals surface area contributed by atoms with Gasteiger partial charge in [-0.05, 0) is 44.5 Å². The molecule has 3 heterocycles. The highest BCUT2D eigenvalue weighted by atomic mass is 32.2. The van der Waals surface area contributed by atoms with Gasteiger partial charge in [0, 0.05) is 11.4 Å². The SMILES string of the molecule is C[n+]1noc([O-])c1SCC(=O)Nc1sc2c(c1C#N)CCN(C(=O)OC(C)(C)C)C2. The molecule has 0 bridgehead atoms. The Labute approximate surface area is 181 Å². The fourth-order valence-electron chi connectivity index (χ4n) is 2.85. The molecule has 0 radical (unpaired) electrons. The van der Waals surface area contributed by atoms with Gasteiger partial charge in [0.05, 0.1) is 23.1 Å². The van der Waals surface area contributed by atoms with Crippen molar-refractivity contribution in [2.75, 3.05) is 17.6 Å². The van der Waals surface area contributed by atoms with Crippen molar-refractivity contribution in [3.63, 3.8) is 0 Å². The zero-order chi connectivity index (χ0) is 22.1. The van der Waals surface area contributed by atoms with Crippen LogP contribution in [0.1, 0.15) is 36.8 Å². The number of fused-ring (bicyclic) bond motifs is 1. The van der Waals surface area contributed by atoms with E-state index >= 15 is 0 Å². The molecule has 1 aliphatic heterocycles. The maximum atomic E-state index is 12.4. The van der Waals surface area contributed by atoms with Crippen molar-refractivity contribution in [2.24, 2.45) is 7.05 Å². The fourth-order valence-corrected chi connectivity index (χ4v) is 4.79. The Morgan fingerprint density at radius 2 is 2.23 bits per heavy atom. The van der Waals surface area contributed by atoms with Crippen molar-refractivity contribution >= 4 is 40.1 Å².